The van der Waals surface area contributed by atoms with Crippen LogP contribution in [-0.4, -0.2) is 0 Å². The number of benzene rings is 1. The van der Waals surface area contributed by atoms with E-state index in [9.17, 15) is 4.39 Å². The molecule has 1 aliphatic carbocycles. The highest BCUT2D eigenvalue weighted by atomic mass is 35.5. The van der Waals surface area contributed by atoms with Crippen molar-refractivity contribution in [3.05, 3.63) is 34.6 Å². The Bertz CT molecular complexity index is 456. The molecule has 0 aromatic heterocycles. The van der Waals surface area contributed by atoms with Crippen LogP contribution < -0.4 is 5.73 Å². The molecule has 2 N–H and O–H groups in total. The minimum Gasteiger partial charge on any atom is -0.321 e. The summed E-state index contributed by atoms with van der Waals surface area (Å²) in [6.07, 6.45) is 3.80. The minimum atomic E-state index is -0.531. The van der Waals surface area contributed by atoms with Gasteiger partial charge in [0.25, 0.3) is 0 Å². The van der Waals surface area contributed by atoms with Gasteiger partial charge in [-0.2, -0.15) is 0 Å². The molecule has 3 heteroatoms. The highest BCUT2D eigenvalue weighted by Gasteiger charge is 2.38. The summed E-state index contributed by atoms with van der Waals surface area (Å²) in [7, 11) is 0. The SMILES string of the molecule is CC(C)(C)C1CCC(N)(c2ccc(Cl)cc2F)CC1. The summed E-state index contributed by atoms with van der Waals surface area (Å²) in [5.41, 5.74) is 6.84. The Morgan fingerprint density at radius 2 is 1.84 bits per heavy atom. The first-order chi connectivity index (χ1) is 8.72. The molecule has 0 saturated heterocycles. The second-order valence-corrected chi connectivity index (χ2v) is 7.36. The summed E-state index contributed by atoms with van der Waals surface area (Å²) in [4.78, 5) is 0. The van der Waals surface area contributed by atoms with E-state index < -0.39 is 5.54 Å². The topological polar surface area (TPSA) is 26.0 Å². The molecular weight excluding hydrogens is 261 g/mol. The van der Waals surface area contributed by atoms with Crippen LogP contribution >= 0.6 is 11.6 Å². The molecule has 106 valence electrons. The quantitative estimate of drug-likeness (QED) is 0.782. The van der Waals surface area contributed by atoms with Gasteiger partial charge in [-0.25, -0.2) is 4.39 Å². The molecule has 0 heterocycles. The van der Waals surface area contributed by atoms with Crippen LogP contribution in [0.5, 0.6) is 0 Å². The largest absolute Gasteiger partial charge is 0.321 e. The second kappa shape index (κ2) is 5.06. The van der Waals surface area contributed by atoms with E-state index >= 15 is 0 Å². The van der Waals surface area contributed by atoms with Gasteiger partial charge >= 0.3 is 0 Å². The van der Waals surface area contributed by atoms with Crippen molar-refractivity contribution < 1.29 is 4.39 Å². The Labute approximate surface area is 120 Å². The molecule has 0 bridgehead atoms. The molecular formula is C16H23ClFN. The number of halogens is 2. The molecule has 1 aliphatic rings. The van der Waals surface area contributed by atoms with Crippen molar-refractivity contribution in [2.75, 3.05) is 0 Å². The lowest BCUT2D eigenvalue weighted by Crippen LogP contribution is -2.43. The fourth-order valence-electron chi connectivity index (χ4n) is 3.16. The normalized spacial score (nSPS) is 28.4. The maximum absolute atomic E-state index is 14.0. The molecule has 0 spiro atoms. The van der Waals surface area contributed by atoms with Crippen LogP contribution in [0.2, 0.25) is 5.02 Å². The zero-order valence-corrected chi connectivity index (χ0v) is 12.7. The van der Waals surface area contributed by atoms with E-state index in [-0.39, 0.29) is 5.82 Å². The van der Waals surface area contributed by atoms with Crippen molar-refractivity contribution in [1.29, 1.82) is 0 Å². The van der Waals surface area contributed by atoms with Crippen molar-refractivity contribution in [3.63, 3.8) is 0 Å². The van der Waals surface area contributed by atoms with Crippen LogP contribution in [-0.2, 0) is 5.54 Å². The third-order valence-electron chi connectivity index (χ3n) is 4.57. The maximum atomic E-state index is 14.0. The lowest BCUT2D eigenvalue weighted by atomic mass is 9.66. The second-order valence-electron chi connectivity index (χ2n) is 6.92. The smallest absolute Gasteiger partial charge is 0.129 e. The highest BCUT2D eigenvalue weighted by Crippen LogP contribution is 2.44. The molecule has 2 rings (SSSR count). The third-order valence-corrected chi connectivity index (χ3v) is 4.81. The van der Waals surface area contributed by atoms with E-state index in [1.807, 2.05) is 0 Å². The van der Waals surface area contributed by atoms with E-state index in [0.29, 0.717) is 21.9 Å². The average molecular weight is 284 g/mol. The Hall–Kier alpha value is -0.600. The molecule has 0 amide bonds. The molecule has 1 aromatic rings. The Kier molecular flexibility index (Phi) is 3.95. The van der Waals surface area contributed by atoms with Gasteiger partial charge in [-0.3, -0.25) is 0 Å². The first-order valence-electron chi connectivity index (χ1n) is 6.97. The molecule has 0 atom stereocenters. The number of hydrogen-bond donors (Lipinski definition) is 1. The summed E-state index contributed by atoms with van der Waals surface area (Å²) in [5, 5.41) is 0.424. The van der Waals surface area contributed by atoms with Crippen molar-refractivity contribution in [2.24, 2.45) is 17.1 Å². The molecule has 0 unspecified atom stereocenters. The number of nitrogens with two attached hydrogens (primary N) is 1. The van der Waals surface area contributed by atoms with Crippen LogP contribution in [0.25, 0.3) is 0 Å². The Morgan fingerprint density at radius 3 is 2.32 bits per heavy atom. The van der Waals surface area contributed by atoms with E-state index in [4.69, 9.17) is 17.3 Å². The lowest BCUT2D eigenvalue weighted by Gasteiger charge is -2.42. The first kappa shape index (κ1) is 14.8. The van der Waals surface area contributed by atoms with Gasteiger partial charge in [-0.1, -0.05) is 38.4 Å². The van der Waals surface area contributed by atoms with E-state index in [2.05, 4.69) is 20.8 Å². The predicted octanol–water partition coefficient (Wildman–Crippen LogP) is 4.87. The monoisotopic (exact) mass is 283 g/mol. The zero-order valence-electron chi connectivity index (χ0n) is 12.0. The lowest BCUT2D eigenvalue weighted by molar-refractivity contribution is 0.132. The van der Waals surface area contributed by atoms with Crippen LogP contribution in [0.3, 0.4) is 0 Å². The Morgan fingerprint density at radius 1 is 1.26 bits per heavy atom. The third kappa shape index (κ3) is 3.11. The number of rotatable bonds is 1. The van der Waals surface area contributed by atoms with Gasteiger partial charge in [0.15, 0.2) is 0 Å². The predicted molar refractivity (Wildman–Crippen MR) is 78.7 cm³/mol. The van der Waals surface area contributed by atoms with E-state index in [1.165, 1.54) is 6.07 Å². The van der Waals surface area contributed by atoms with Crippen molar-refractivity contribution in [2.45, 2.75) is 52.0 Å². The molecule has 0 aliphatic heterocycles. The summed E-state index contributed by atoms with van der Waals surface area (Å²) in [6.45, 7) is 6.80. The minimum absolute atomic E-state index is 0.274. The zero-order chi connectivity index (χ0) is 14.3. The molecule has 1 aromatic carbocycles. The summed E-state index contributed by atoms with van der Waals surface area (Å²) in [5.74, 6) is 0.392. The van der Waals surface area contributed by atoms with Crippen molar-refractivity contribution in [3.8, 4) is 0 Å². The van der Waals surface area contributed by atoms with Crippen LogP contribution in [0, 0.1) is 17.2 Å². The summed E-state index contributed by atoms with van der Waals surface area (Å²) in [6, 6.07) is 4.83. The standard InChI is InChI=1S/C16H23ClFN/c1-15(2,3)11-6-8-16(19,9-7-11)13-5-4-12(17)10-14(13)18/h4-5,10-11H,6-9,19H2,1-3H3. The van der Waals surface area contributed by atoms with Gasteiger partial charge in [-0.05, 0) is 49.1 Å². The van der Waals surface area contributed by atoms with Gasteiger partial charge in [0.1, 0.15) is 5.82 Å². The van der Waals surface area contributed by atoms with Gasteiger partial charge in [0, 0.05) is 16.1 Å². The molecule has 1 fully saturated rings. The maximum Gasteiger partial charge on any atom is 0.129 e. The van der Waals surface area contributed by atoms with E-state index in [1.54, 1.807) is 12.1 Å². The summed E-state index contributed by atoms with van der Waals surface area (Å²) >= 11 is 5.80. The van der Waals surface area contributed by atoms with E-state index in [0.717, 1.165) is 25.7 Å². The van der Waals surface area contributed by atoms with Crippen molar-refractivity contribution >= 4 is 11.6 Å². The van der Waals surface area contributed by atoms with Gasteiger partial charge in [0.2, 0.25) is 0 Å². The molecule has 19 heavy (non-hydrogen) atoms. The van der Waals surface area contributed by atoms with Crippen molar-refractivity contribution in [1.82, 2.24) is 0 Å². The first-order valence-corrected chi connectivity index (χ1v) is 7.34. The fourth-order valence-corrected chi connectivity index (χ4v) is 3.32. The molecule has 1 saturated carbocycles. The van der Waals surface area contributed by atoms with Crippen LogP contribution in [0.4, 0.5) is 4.39 Å². The molecule has 0 radical (unpaired) electrons. The van der Waals surface area contributed by atoms with Gasteiger partial charge in [0.05, 0.1) is 0 Å². The fraction of sp³-hybridized carbons (Fsp3) is 0.625. The number of hydrogen-bond acceptors (Lipinski definition) is 1. The summed E-state index contributed by atoms with van der Waals surface area (Å²) < 4.78 is 14.0. The highest BCUT2D eigenvalue weighted by molar-refractivity contribution is 6.30. The van der Waals surface area contributed by atoms with Gasteiger partial charge in [-0.15, -0.1) is 0 Å². The average Bonchev–Trinajstić information content (AvgIpc) is 2.27. The van der Waals surface area contributed by atoms with Crippen LogP contribution in [0.15, 0.2) is 18.2 Å². The molecule has 1 nitrogen and oxygen atoms in total. The Balaban J connectivity index is 2.18. The van der Waals surface area contributed by atoms with Gasteiger partial charge < -0.3 is 5.73 Å². The van der Waals surface area contributed by atoms with Crippen LogP contribution in [0.1, 0.15) is 52.0 Å².